The predicted octanol–water partition coefficient (Wildman–Crippen LogP) is 1.89. The van der Waals surface area contributed by atoms with Crippen LogP contribution >= 0.6 is 0 Å². The van der Waals surface area contributed by atoms with Crippen molar-refractivity contribution >= 4 is 33.2 Å². The van der Waals surface area contributed by atoms with Crippen LogP contribution in [0.3, 0.4) is 0 Å². The first-order valence-electron chi connectivity index (χ1n) is 8.72. The summed E-state index contributed by atoms with van der Waals surface area (Å²) in [5, 5.41) is 5.03. The first-order chi connectivity index (χ1) is 13.7. The second-order valence-corrected chi connectivity index (χ2v) is 8.06. The summed E-state index contributed by atoms with van der Waals surface area (Å²) in [5.74, 6) is -1.21. The third-order valence-electron chi connectivity index (χ3n) is 3.83. The van der Waals surface area contributed by atoms with E-state index < -0.39 is 27.7 Å². The number of halogens is 1. The Morgan fingerprint density at radius 1 is 1.10 bits per heavy atom. The molecule has 0 unspecified atom stereocenters. The van der Waals surface area contributed by atoms with Gasteiger partial charge in [0.05, 0.1) is 31.5 Å². The zero-order valence-electron chi connectivity index (χ0n) is 16.0. The Kier molecular flexibility index (Phi) is 7.54. The van der Waals surface area contributed by atoms with Crippen LogP contribution in [0.25, 0.3) is 0 Å². The van der Waals surface area contributed by atoms with Crippen molar-refractivity contribution in [2.45, 2.75) is 13.3 Å². The van der Waals surface area contributed by atoms with Crippen LogP contribution in [0.4, 0.5) is 15.8 Å². The number of hydrogen-bond acceptors (Lipinski definition) is 5. The number of anilines is 2. The molecule has 2 aromatic carbocycles. The van der Waals surface area contributed by atoms with E-state index in [4.69, 9.17) is 4.74 Å². The van der Waals surface area contributed by atoms with Crippen molar-refractivity contribution in [3.63, 3.8) is 0 Å². The second-order valence-electron chi connectivity index (χ2n) is 6.05. The molecule has 0 radical (unpaired) electrons. The van der Waals surface area contributed by atoms with E-state index in [1.807, 2.05) is 0 Å². The molecule has 0 heterocycles. The Morgan fingerprint density at radius 3 is 2.52 bits per heavy atom. The lowest BCUT2D eigenvalue weighted by atomic mass is 10.1. The Hall–Kier alpha value is -3.14. The second kappa shape index (κ2) is 9.87. The lowest BCUT2D eigenvalue weighted by Gasteiger charge is -2.13. The summed E-state index contributed by atoms with van der Waals surface area (Å²) in [6.07, 6.45) is -0.0505. The molecule has 0 aromatic heterocycles. The zero-order chi connectivity index (χ0) is 21.4. The van der Waals surface area contributed by atoms with E-state index in [1.165, 1.54) is 50.4 Å². The molecule has 8 nitrogen and oxygen atoms in total. The van der Waals surface area contributed by atoms with Gasteiger partial charge in [-0.2, -0.15) is 0 Å². The number of nitrogens with one attached hydrogen (secondary N) is 3. The monoisotopic (exact) mass is 423 g/mol. The van der Waals surface area contributed by atoms with Crippen molar-refractivity contribution in [2.75, 3.05) is 29.4 Å². The molecule has 3 N–H and O–H groups in total. The number of carbonyl (C=O) groups is 2. The first kappa shape index (κ1) is 22.2. The first-order valence-corrected chi connectivity index (χ1v) is 10.4. The molecule has 10 heteroatoms. The molecule has 0 saturated heterocycles. The number of amides is 2. The van der Waals surface area contributed by atoms with Crippen LogP contribution in [0.1, 0.15) is 12.5 Å². The number of carbonyl (C=O) groups excluding carboxylic acids is 2. The minimum absolute atomic E-state index is 0.0505. The fourth-order valence-electron chi connectivity index (χ4n) is 2.37. The molecular formula is C19H22FN3O5S. The van der Waals surface area contributed by atoms with Crippen LogP contribution in [0.5, 0.6) is 5.75 Å². The average molecular weight is 423 g/mol. The highest BCUT2D eigenvalue weighted by molar-refractivity contribution is 7.92. The number of benzene rings is 2. The summed E-state index contributed by atoms with van der Waals surface area (Å²) in [6.45, 7) is 1.23. The number of methoxy groups -OCH3 is 1. The fraction of sp³-hybridized carbons (Fsp3) is 0.263. The third-order valence-corrected chi connectivity index (χ3v) is 5.12. The molecule has 156 valence electrons. The topological polar surface area (TPSA) is 114 Å². The van der Waals surface area contributed by atoms with Crippen molar-refractivity contribution in [1.29, 1.82) is 0 Å². The summed E-state index contributed by atoms with van der Waals surface area (Å²) in [6, 6.07) is 10.1. The van der Waals surface area contributed by atoms with Gasteiger partial charge in [-0.15, -0.1) is 0 Å². The molecule has 0 spiro atoms. The molecule has 0 aliphatic carbocycles. The maximum atomic E-state index is 13.1. The minimum Gasteiger partial charge on any atom is -0.494 e. The maximum Gasteiger partial charge on any atom is 0.243 e. The Morgan fingerprint density at radius 2 is 1.86 bits per heavy atom. The van der Waals surface area contributed by atoms with Crippen LogP contribution in [0.15, 0.2) is 42.5 Å². The highest BCUT2D eigenvalue weighted by Gasteiger charge is 2.13. The molecule has 0 aliphatic rings. The molecule has 2 amide bonds. The SMILES string of the molecule is CCS(=O)(=O)Nc1ccc(NC(=O)CNC(=O)Cc2cccc(F)c2)cc1OC. The van der Waals surface area contributed by atoms with E-state index in [-0.39, 0.29) is 30.2 Å². The lowest BCUT2D eigenvalue weighted by Crippen LogP contribution is -2.33. The molecule has 0 aliphatic heterocycles. The van der Waals surface area contributed by atoms with Gasteiger partial charge in [0, 0.05) is 11.8 Å². The highest BCUT2D eigenvalue weighted by atomic mass is 32.2. The standard InChI is InChI=1S/C19H22FN3O5S/c1-3-29(26,27)23-16-8-7-15(11-17(16)28-2)22-19(25)12-21-18(24)10-13-5-4-6-14(20)9-13/h4-9,11,23H,3,10,12H2,1-2H3,(H,21,24)(H,22,25). The quantitative estimate of drug-likeness (QED) is 0.570. The van der Waals surface area contributed by atoms with Gasteiger partial charge >= 0.3 is 0 Å². The molecular weight excluding hydrogens is 401 g/mol. The minimum atomic E-state index is -3.48. The van der Waals surface area contributed by atoms with Gasteiger partial charge in [0.15, 0.2) is 0 Å². The van der Waals surface area contributed by atoms with Gasteiger partial charge in [0.1, 0.15) is 11.6 Å². The van der Waals surface area contributed by atoms with E-state index >= 15 is 0 Å². The van der Waals surface area contributed by atoms with Crippen molar-refractivity contribution < 1.29 is 27.1 Å². The summed E-state index contributed by atoms with van der Waals surface area (Å²) < 4.78 is 44.1. The normalized spacial score (nSPS) is 10.9. The van der Waals surface area contributed by atoms with Gasteiger partial charge in [-0.1, -0.05) is 12.1 Å². The van der Waals surface area contributed by atoms with Crippen LogP contribution in [-0.2, 0) is 26.0 Å². The number of ether oxygens (including phenoxy) is 1. The summed E-state index contributed by atoms with van der Waals surface area (Å²) in [5.41, 5.74) is 1.11. The van der Waals surface area contributed by atoms with E-state index in [0.29, 0.717) is 11.3 Å². The van der Waals surface area contributed by atoms with Gasteiger partial charge in [-0.25, -0.2) is 12.8 Å². The Labute approximate surface area is 168 Å². The summed E-state index contributed by atoms with van der Waals surface area (Å²) in [4.78, 5) is 23.9. The van der Waals surface area contributed by atoms with E-state index in [9.17, 15) is 22.4 Å². The van der Waals surface area contributed by atoms with Crippen molar-refractivity contribution in [2.24, 2.45) is 0 Å². The van der Waals surface area contributed by atoms with Crippen molar-refractivity contribution in [3.8, 4) is 5.75 Å². The zero-order valence-corrected chi connectivity index (χ0v) is 16.8. The van der Waals surface area contributed by atoms with Crippen molar-refractivity contribution in [3.05, 3.63) is 53.8 Å². The Bertz CT molecular complexity index is 995. The van der Waals surface area contributed by atoms with Crippen LogP contribution in [0.2, 0.25) is 0 Å². The molecule has 29 heavy (non-hydrogen) atoms. The largest absolute Gasteiger partial charge is 0.494 e. The molecule has 0 fully saturated rings. The molecule has 0 atom stereocenters. The number of rotatable bonds is 9. The molecule has 0 saturated carbocycles. The van der Waals surface area contributed by atoms with Crippen LogP contribution in [0, 0.1) is 5.82 Å². The van der Waals surface area contributed by atoms with Crippen LogP contribution in [-0.4, -0.2) is 39.6 Å². The van der Waals surface area contributed by atoms with E-state index in [2.05, 4.69) is 15.4 Å². The predicted molar refractivity (Wildman–Crippen MR) is 108 cm³/mol. The lowest BCUT2D eigenvalue weighted by molar-refractivity contribution is -0.123. The summed E-state index contributed by atoms with van der Waals surface area (Å²) in [7, 11) is -2.10. The number of sulfonamides is 1. The van der Waals surface area contributed by atoms with Gasteiger partial charge in [0.25, 0.3) is 0 Å². The maximum absolute atomic E-state index is 13.1. The Balaban J connectivity index is 1.92. The van der Waals surface area contributed by atoms with E-state index in [1.54, 1.807) is 6.07 Å². The molecule has 2 aromatic rings. The van der Waals surface area contributed by atoms with Gasteiger partial charge in [0.2, 0.25) is 21.8 Å². The smallest absolute Gasteiger partial charge is 0.243 e. The van der Waals surface area contributed by atoms with Crippen molar-refractivity contribution in [1.82, 2.24) is 5.32 Å². The van der Waals surface area contributed by atoms with Gasteiger partial charge < -0.3 is 15.4 Å². The number of hydrogen-bond donors (Lipinski definition) is 3. The average Bonchev–Trinajstić information content (AvgIpc) is 2.67. The molecule has 0 bridgehead atoms. The highest BCUT2D eigenvalue weighted by Crippen LogP contribution is 2.28. The van der Waals surface area contributed by atoms with Gasteiger partial charge in [-0.3, -0.25) is 14.3 Å². The fourth-order valence-corrected chi connectivity index (χ4v) is 3.02. The molecule has 2 rings (SSSR count). The summed E-state index contributed by atoms with van der Waals surface area (Å²) >= 11 is 0. The van der Waals surface area contributed by atoms with Crippen LogP contribution < -0.4 is 20.1 Å². The van der Waals surface area contributed by atoms with Gasteiger partial charge in [-0.05, 0) is 36.8 Å². The van der Waals surface area contributed by atoms with E-state index in [0.717, 1.165) is 0 Å². The third kappa shape index (κ3) is 7.07.